The standard InChI is InChI=1S/C14H18N2/c1-2-13(9-15-6-1)12-4-3-11-5-7-16-10-14(11)8-12/h1-2,4,6,9,11,14,16H,3,5,7-8,10H2. The van der Waals surface area contributed by atoms with Crippen molar-refractivity contribution < 1.29 is 0 Å². The summed E-state index contributed by atoms with van der Waals surface area (Å²) in [5.41, 5.74) is 2.81. The number of allylic oxidation sites excluding steroid dienone is 2. The third-order valence-electron chi connectivity index (χ3n) is 3.95. The maximum absolute atomic E-state index is 4.21. The lowest BCUT2D eigenvalue weighted by molar-refractivity contribution is 0.252. The zero-order valence-corrected chi connectivity index (χ0v) is 9.52. The minimum atomic E-state index is 0.842. The predicted octanol–water partition coefficient (Wildman–Crippen LogP) is 2.48. The average Bonchev–Trinajstić information content (AvgIpc) is 2.39. The largest absolute Gasteiger partial charge is 0.316 e. The number of hydrogen-bond donors (Lipinski definition) is 1. The highest BCUT2D eigenvalue weighted by atomic mass is 14.9. The van der Waals surface area contributed by atoms with E-state index in [-0.39, 0.29) is 0 Å². The summed E-state index contributed by atoms with van der Waals surface area (Å²) in [6.07, 6.45) is 10.1. The summed E-state index contributed by atoms with van der Waals surface area (Å²) in [7, 11) is 0. The molecule has 0 bridgehead atoms. The molecule has 3 rings (SSSR count). The van der Waals surface area contributed by atoms with Gasteiger partial charge in [0.05, 0.1) is 0 Å². The van der Waals surface area contributed by atoms with Gasteiger partial charge < -0.3 is 5.32 Å². The van der Waals surface area contributed by atoms with Crippen molar-refractivity contribution in [3.8, 4) is 0 Å². The number of aromatic nitrogens is 1. The zero-order valence-electron chi connectivity index (χ0n) is 9.52. The summed E-state index contributed by atoms with van der Waals surface area (Å²) in [6, 6.07) is 4.21. The van der Waals surface area contributed by atoms with Gasteiger partial charge in [-0.1, -0.05) is 12.1 Å². The van der Waals surface area contributed by atoms with Gasteiger partial charge in [0.2, 0.25) is 0 Å². The Morgan fingerprint density at radius 2 is 2.31 bits per heavy atom. The van der Waals surface area contributed by atoms with E-state index in [0.29, 0.717) is 0 Å². The first-order valence-electron chi connectivity index (χ1n) is 6.23. The number of piperidine rings is 1. The van der Waals surface area contributed by atoms with Crippen molar-refractivity contribution in [3.63, 3.8) is 0 Å². The minimum Gasteiger partial charge on any atom is -0.316 e. The molecular weight excluding hydrogens is 196 g/mol. The Morgan fingerprint density at radius 3 is 3.19 bits per heavy atom. The predicted molar refractivity (Wildman–Crippen MR) is 65.9 cm³/mol. The van der Waals surface area contributed by atoms with Crippen molar-refractivity contribution in [1.29, 1.82) is 0 Å². The Labute approximate surface area is 96.8 Å². The quantitative estimate of drug-likeness (QED) is 0.777. The van der Waals surface area contributed by atoms with Crippen molar-refractivity contribution in [2.45, 2.75) is 19.3 Å². The second-order valence-corrected chi connectivity index (χ2v) is 4.92. The van der Waals surface area contributed by atoms with Gasteiger partial charge in [0.25, 0.3) is 0 Å². The molecule has 0 amide bonds. The summed E-state index contributed by atoms with van der Waals surface area (Å²) < 4.78 is 0. The minimum absolute atomic E-state index is 0.842. The third kappa shape index (κ3) is 1.90. The molecule has 1 fully saturated rings. The van der Waals surface area contributed by atoms with Crippen LogP contribution < -0.4 is 5.32 Å². The lowest BCUT2D eigenvalue weighted by atomic mass is 9.75. The Bertz CT molecular complexity index is 383. The van der Waals surface area contributed by atoms with E-state index < -0.39 is 0 Å². The topological polar surface area (TPSA) is 24.9 Å². The lowest BCUT2D eigenvalue weighted by Crippen LogP contribution is -2.37. The van der Waals surface area contributed by atoms with Crippen LogP contribution in [0.25, 0.3) is 5.57 Å². The highest BCUT2D eigenvalue weighted by Crippen LogP contribution is 2.37. The summed E-state index contributed by atoms with van der Waals surface area (Å²) in [5, 5.41) is 3.51. The second-order valence-electron chi connectivity index (χ2n) is 4.92. The number of fused-ring (bicyclic) bond motifs is 1. The Morgan fingerprint density at radius 1 is 1.31 bits per heavy atom. The molecule has 2 heteroatoms. The molecule has 2 heterocycles. The van der Waals surface area contributed by atoms with Gasteiger partial charge in [-0.2, -0.15) is 0 Å². The fraction of sp³-hybridized carbons (Fsp3) is 0.500. The third-order valence-corrected chi connectivity index (χ3v) is 3.95. The Hall–Kier alpha value is -1.15. The molecule has 2 aliphatic rings. The van der Waals surface area contributed by atoms with Crippen molar-refractivity contribution in [3.05, 3.63) is 36.2 Å². The molecule has 16 heavy (non-hydrogen) atoms. The van der Waals surface area contributed by atoms with Gasteiger partial charge in [-0.15, -0.1) is 0 Å². The molecule has 1 N–H and O–H groups in total. The molecule has 1 aromatic heterocycles. The summed E-state index contributed by atoms with van der Waals surface area (Å²) in [6.45, 7) is 2.40. The first kappa shape index (κ1) is 10.0. The van der Waals surface area contributed by atoms with Gasteiger partial charge in [0.1, 0.15) is 0 Å². The molecule has 0 aromatic carbocycles. The monoisotopic (exact) mass is 214 g/mol. The molecular formula is C14H18N2. The van der Waals surface area contributed by atoms with Crippen LogP contribution in [0.1, 0.15) is 24.8 Å². The molecule has 2 nitrogen and oxygen atoms in total. The SMILES string of the molecule is C1=C(c2cccnc2)CC2CNCCC2C1. The van der Waals surface area contributed by atoms with Crippen molar-refractivity contribution in [2.24, 2.45) is 11.8 Å². The number of pyridine rings is 1. The number of rotatable bonds is 1. The van der Waals surface area contributed by atoms with Crippen molar-refractivity contribution >= 4 is 5.57 Å². The maximum atomic E-state index is 4.21. The van der Waals surface area contributed by atoms with Gasteiger partial charge in [0, 0.05) is 12.4 Å². The second kappa shape index (κ2) is 4.38. The number of nitrogens with one attached hydrogen (secondary N) is 1. The van der Waals surface area contributed by atoms with Gasteiger partial charge in [-0.05, 0) is 61.4 Å². The summed E-state index contributed by atoms with van der Waals surface area (Å²) in [5.74, 6) is 1.76. The number of hydrogen-bond acceptors (Lipinski definition) is 2. The van der Waals surface area contributed by atoms with E-state index in [1.165, 1.54) is 43.5 Å². The van der Waals surface area contributed by atoms with E-state index in [0.717, 1.165) is 11.8 Å². The maximum Gasteiger partial charge on any atom is 0.0342 e. The lowest BCUT2D eigenvalue weighted by Gasteiger charge is -2.35. The van der Waals surface area contributed by atoms with Crippen molar-refractivity contribution in [2.75, 3.05) is 13.1 Å². The zero-order chi connectivity index (χ0) is 10.8. The van der Waals surface area contributed by atoms with E-state index in [4.69, 9.17) is 0 Å². The first-order chi connectivity index (χ1) is 7.93. The van der Waals surface area contributed by atoms with E-state index >= 15 is 0 Å². The smallest absolute Gasteiger partial charge is 0.0342 e. The Balaban J connectivity index is 1.81. The van der Waals surface area contributed by atoms with Crippen LogP contribution in [0.2, 0.25) is 0 Å². The summed E-state index contributed by atoms with van der Waals surface area (Å²) >= 11 is 0. The normalized spacial score (nSPS) is 29.4. The van der Waals surface area contributed by atoms with Crippen LogP contribution in [0.4, 0.5) is 0 Å². The molecule has 1 aromatic rings. The molecule has 1 aliphatic carbocycles. The average molecular weight is 214 g/mol. The van der Waals surface area contributed by atoms with Crippen LogP contribution >= 0.6 is 0 Å². The first-order valence-corrected chi connectivity index (χ1v) is 6.23. The van der Waals surface area contributed by atoms with Gasteiger partial charge in [-0.25, -0.2) is 0 Å². The number of nitrogens with zero attached hydrogens (tertiary/aromatic N) is 1. The molecule has 0 spiro atoms. The highest BCUT2D eigenvalue weighted by Gasteiger charge is 2.28. The molecule has 2 unspecified atom stereocenters. The fourth-order valence-electron chi connectivity index (χ4n) is 2.97. The van der Waals surface area contributed by atoms with E-state index in [1.54, 1.807) is 0 Å². The van der Waals surface area contributed by atoms with Crippen LogP contribution in [-0.4, -0.2) is 18.1 Å². The molecule has 84 valence electrons. The van der Waals surface area contributed by atoms with E-state index in [9.17, 15) is 0 Å². The molecule has 1 aliphatic heterocycles. The molecule has 0 radical (unpaired) electrons. The summed E-state index contributed by atoms with van der Waals surface area (Å²) in [4.78, 5) is 4.21. The van der Waals surface area contributed by atoms with Crippen LogP contribution in [0.3, 0.4) is 0 Å². The van der Waals surface area contributed by atoms with Crippen molar-refractivity contribution in [1.82, 2.24) is 10.3 Å². The fourth-order valence-corrected chi connectivity index (χ4v) is 2.97. The molecule has 2 atom stereocenters. The van der Waals surface area contributed by atoms with Gasteiger partial charge in [-0.3, -0.25) is 4.98 Å². The van der Waals surface area contributed by atoms with Gasteiger partial charge in [0.15, 0.2) is 0 Å². The van der Waals surface area contributed by atoms with Crippen LogP contribution in [-0.2, 0) is 0 Å². The van der Waals surface area contributed by atoms with Gasteiger partial charge >= 0.3 is 0 Å². The van der Waals surface area contributed by atoms with E-state index in [1.807, 2.05) is 18.5 Å². The Kier molecular flexibility index (Phi) is 2.75. The molecule has 0 saturated carbocycles. The molecule has 1 saturated heterocycles. The van der Waals surface area contributed by atoms with Crippen LogP contribution in [0, 0.1) is 11.8 Å². The van der Waals surface area contributed by atoms with E-state index in [2.05, 4.69) is 22.4 Å². The van der Waals surface area contributed by atoms with Crippen LogP contribution in [0.5, 0.6) is 0 Å². The van der Waals surface area contributed by atoms with Crippen LogP contribution in [0.15, 0.2) is 30.6 Å². The highest BCUT2D eigenvalue weighted by molar-refractivity contribution is 5.65.